The van der Waals surface area contributed by atoms with E-state index in [9.17, 15) is 4.79 Å². The highest BCUT2D eigenvalue weighted by Crippen LogP contribution is 2.41. The van der Waals surface area contributed by atoms with Gasteiger partial charge in [-0.25, -0.2) is 0 Å². The van der Waals surface area contributed by atoms with Crippen LogP contribution in [0.15, 0.2) is 52.2 Å². The molecule has 1 aliphatic rings. The molecule has 3 rings (SSSR count). The number of ether oxygens (including phenoxy) is 1. The minimum Gasteiger partial charge on any atom is -0.497 e. The summed E-state index contributed by atoms with van der Waals surface area (Å²) >= 11 is 0. The van der Waals surface area contributed by atoms with E-state index in [2.05, 4.69) is 10.0 Å². The van der Waals surface area contributed by atoms with E-state index in [0.29, 0.717) is 17.2 Å². The maximum Gasteiger partial charge on any atom is 0.239 e. The molecule has 1 aromatic heterocycles. The van der Waals surface area contributed by atoms with E-state index in [1.165, 1.54) is 6.26 Å². The molecule has 0 saturated carbocycles. The van der Waals surface area contributed by atoms with Crippen LogP contribution in [0.4, 0.5) is 5.69 Å². The molecule has 2 aromatic rings. The number of furan rings is 1. The molecule has 0 unspecified atom stereocenters. The Kier molecular flexibility index (Phi) is 3.25. The van der Waals surface area contributed by atoms with E-state index in [0.717, 1.165) is 0 Å². The lowest BCUT2D eigenvalue weighted by Crippen LogP contribution is -2.58. The average Bonchev–Trinajstić information content (AvgIpc) is 3.04. The van der Waals surface area contributed by atoms with Gasteiger partial charge in [0.25, 0.3) is 0 Å². The number of amides is 1. The minimum atomic E-state index is -0.775. The summed E-state index contributed by atoms with van der Waals surface area (Å²) in [7, 11) is 1.58. The number of rotatable bonds is 4. The van der Waals surface area contributed by atoms with Crippen LogP contribution in [0, 0.1) is 0 Å². The Morgan fingerprint density at radius 3 is 2.67 bits per heavy atom. The normalized spacial score (nSPS) is 20.6. The zero-order valence-corrected chi connectivity index (χ0v) is 11.2. The monoisotopic (exact) mass is 284 g/mol. The van der Waals surface area contributed by atoms with Crippen molar-refractivity contribution < 1.29 is 13.9 Å². The molecule has 1 fully saturated rings. The molecule has 2 atom stereocenters. The van der Waals surface area contributed by atoms with Gasteiger partial charge in [-0.3, -0.25) is 4.79 Å². The van der Waals surface area contributed by atoms with Gasteiger partial charge < -0.3 is 14.1 Å². The second-order valence-corrected chi connectivity index (χ2v) is 4.52. The number of β-lactam (4-membered cyclic amide) rings is 1. The van der Waals surface area contributed by atoms with Crippen molar-refractivity contribution in [1.29, 1.82) is 0 Å². The first-order valence-electron chi connectivity index (χ1n) is 6.31. The lowest BCUT2D eigenvalue weighted by molar-refractivity contribution is -0.126. The molecule has 0 radical (unpaired) electrons. The van der Waals surface area contributed by atoms with Gasteiger partial charge in [0.1, 0.15) is 23.6 Å². The maximum absolute atomic E-state index is 12.2. The summed E-state index contributed by atoms with van der Waals surface area (Å²) in [5.41, 5.74) is 9.30. The van der Waals surface area contributed by atoms with Crippen molar-refractivity contribution in [1.82, 2.24) is 0 Å². The lowest BCUT2D eigenvalue weighted by Gasteiger charge is -2.43. The van der Waals surface area contributed by atoms with Crippen LogP contribution in [-0.2, 0) is 4.79 Å². The van der Waals surface area contributed by atoms with Crippen molar-refractivity contribution in [3.8, 4) is 5.75 Å². The van der Waals surface area contributed by atoms with E-state index in [1.807, 2.05) is 0 Å². The van der Waals surface area contributed by atoms with Crippen molar-refractivity contribution >= 4 is 11.6 Å². The zero-order valence-electron chi connectivity index (χ0n) is 11.2. The van der Waals surface area contributed by atoms with E-state index in [1.54, 1.807) is 48.4 Å². The van der Waals surface area contributed by atoms with E-state index in [4.69, 9.17) is 14.7 Å². The Balaban J connectivity index is 1.96. The number of methoxy groups -OCH3 is 1. The Labute approximate surface area is 120 Å². The highest BCUT2D eigenvalue weighted by Gasteiger charge is 2.50. The molecule has 0 aliphatic carbocycles. The number of anilines is 1. The molecule has 1 aromatic carbocycles. The SMILES string of the molecule is COc1ccc(N2C(=O)[C@@H](N=[N+]=[N-])[C@H]2c2ccco2)cc1. The first-order valence-corrected chi connectivity index (χ1v) is 6.31. The Morgan fingerprint density at radius 2 is 2.10 bits per heavy atom. The molecule has 2 heterocycles. The average molecular weight is 284 g/mol. The fraction of sp³-hybridized carbons (Fsp3) is 0.214. The Morgan fingerprint density at radius 1 is 1.33 bits per heavy atom. The third-order valence-corrected chi connectivity index (χ3v) is 3.43. The van der Waals surface area contributed by atoms with Crippen molar-refractivity contribution in [2.24, 2.45) is 5.11 Å². The molecular weight excluding hydrogens is 272 g/mol. The summed E-state index contributed by atoms with van der Waals surface area (Å²) < 4.78 is 10.5. The van der Waals surface area contributed by atoms with Gasteiger partial charge in [0.15, 0.2) is 0 Å². The lowest BCUT2D eigenvalue weighted by atomic mass is 9.92. The van der Waals surface area contributed by atoms with Crippen molar-refractivity contribution in [3.05, 3.63) is 58.9 Å². The molecule has 7 heteroatoms. The summed E-state index contributed by atoms with van der Waals surface area (Å²) in [6.45, 7) is 0. The molecule has 106 valence electrons. The number of hydrogen-bond donors (Lipinski definition) is 0. The van der Waals surface area contributed by atoms with E-state index < -0.39 is 12.1 Å². The third kappa shape index (κ3) is 2.09. The smallest absolute Gasteiger partial charge is 0.239 e. The van der Waals surface area contributed by atoms with Gasteiger partial charge in [0.2, 0.25) is 5.91 Å². The number of azide groups is 1. The number of nitrogens with zero attached hydrogens (tertiary/aromatic N) is 4. The van der Waals surface area contributed by atoms with Crippen LogP contribution in [-0.4, -0.2) is 19.1 Å². The topological polar surface area (TPSA) is 91.4 Å². The van der Waals surface area contributed by atoms with E-state index in [-0.39, 0.29) is 5.91 Å². The van der Waals surface area contributed by atoms with Gasteiger partial charge in [0.05, 0.1) is 13.4 Å². The second kappa shape index (κ2) is 5.22. The fourth-order valence-corrected chi connectivity index (χ4v) is 2.41. The first-order chi connectivity index (χ1) is 10.3. The summed E-state index contributed by atoms with van der Waals surface area (Å²) in [4.78, 5) is 16.5. The van der Waals surface area contributed by atoms with Crippen LogP contribution in [0.25, 0.3) is 10.4 Å². The highest BCUT2D eigenvalue weighted by atomic mass is 16.5. The van der Waals surface area contributed by atoms with Gasteiger partial charge in [-0.15, -0.1) is 0 Å². The van der Waals surface area contributed by atoms with Gasteiger partial charge in [-0.1, -0.05) is 5.11 Å². The second-order valence-electron chi connectivity index (χ2n) is 4.52. The molecule has 1 aliphatic heterocycles. The van der Waals surface area contributed by atoms with Crippen molar-refractivity contribution in [3.63, 3.8) is 0 Å². The predicted molar refractivity (Wildman–Crippen MR) is 74.9 cm³/mol. The molecule has 21 heavy (non-hydrogen) atoms. The number of benzene rings is 1. The predicted octanol–water partition coefficient (Wildman–Crippen LogP) is 3.06. The summed E-state index contributed by atoms with van der Waals surface area (Å²) in [5, 5.41) is 3.56. The molecule has 1 amide bonds. The number of carbonyl (C=O) groups is 1. The van der Waals surface area contributed by atoms with Crippen LogP contribution in [0.5, 0.6) is 5.75 Å². The Hall–Kier alpha value is -2.92. The van der Waals surface area contributed by atoms with E-state index >= 15 is 0 Å². The number of hydrogen-bond acceptors (Lipinski definition) is 4. The number of carbonyl (C=O) groups excluding carboxylic acids is 1. The Bertz CT molecular complexity index is 690. The fourth-order valence-electron chi connectivity index (χ4n) is 2.41. The van der Waals surface area contributed by atoms with Crippen molar-refractivity contribution in [2.75, 3.05) is 12.0 Å². The van der Waals surface area contributed by atoms with Gasteiger partial charge in [-0.2, -0.15) is 0 Å². The highest BCUT2D eigenvalue weighted by molar-refractivity contribution is 6.05. The van der Waals surface area contributed by atoms with Crippen LogP contribution in [0.3, 0.4) is 0 Å². The van der Waals surface area contributed by atoms with Crippen LogP contribution in [0.1, 0.15) is 11.8 Å². The standard InChI is InChI=1S/C14H12N4O3/c1-20-10-6-4-9(5-7-10)18-13(11-3-2-8-21-11)12(14(18)19)16-17-15/h2-8,12-13H,1H3/t12-,13+/m0/s1. The maximum atomic E-state index is 12.2. The van der Waals surface area contributed by atoms with Gasteiger partial charge in [-0.05, 0) is 41.9 Å². The van der Waals surface area contributed by atoms with Crippen LogP contribution in [0.2, 0.25) is 0 Å². The molecule has 0 N–H and O–H groups in total. The van der Waals surface area contributed by atoms with Crippen LogP contribution < -0.4 is 9.64 Å². The summed E-state index contributed by atoms with van der Waals surface area (Å²) in [6, 6.07) is 9.38. The minimum absolute atomic E-state index is 0.251. The summed E-state index contributed by atoms with van der Waals surface area (Å²) in [6.07, 6.45) is 1.53. The van der Waals surface area contributed by atoms with Gasteiger partial charge in [0, 0.05) is 10.6 Å². The molecular formula is C14H12N4O3. The molecule has 7 nitrogen and oxygen atoms in total. The zero-order chi connectivity index (χ0) is 14.8. The molecule has 0 bridgehead atoms. The largest absolute Gasteiger partial charge is 0.497 e. The quantitative estimate of drug-likeness (QED) is 0.374. The molecule has 0 spiro atoms. The van der Waals surface area contributed by atoms with Gasteiger partial charge >= 0.3 is 0 Å². The summed E-state index contributed by atoms with van der Waals surface area (Å²) in [5.74, 6) is 1.04. The van der Waals surface area contributed by atoms with Crippen molar-refractivity contribution in [2.45, 2.75) is 12.1 Å². The third-order valence-electron chi connectivity index (χ3n) is 3.43. The van der Waals surface area contributed by atoms with Crippen LogP contribution >= 0.6 is 0 Å². The first kappa shape index (κ1) is 13.1. The molecule has 1 saturated heterocycles.